The Morgan fingerprint density at radius 1 is 1.26 bits per heavy atom. The van der Waals surface area contributed by atoms with Crippen molar-refractivity contribution in [2.24, 2.45) is 11.8 Å². The Balaban J connectivity index is 2.09. The smallest absolute Gasteiger partial charge is 0.146 e. The molecular weight excluding hydrogens is 304 g/mol. The molecule has 0 saturated heterocycles. The van der Waals surface area contributed by atoms with Gasteiger partial charge in [-0.3, -0.25) is 0 Å². The fraction of sp³-hybridized carbons (Fsp3) is 0.714. The zero-order valence-corrected chi connectivity index (χ0v) is 13.5. The van der Waals surface area contributed by atoms with Crippen molar-refractivity contribution in [1.82, 2.24) is 9.97 Å². The highest BCUT2D eigenvalue weighted by molar-refractivity contribution is 9.10. The van der Waals surface area contributed by atoms with E-state index in [1.807, 2.05) is 0 Å². The summed E-state index contributed by atoms with van der Waals surface area (Å²) in [6, 6.07) is 0.519. The van der Waals surface area contributed by atoms with Crippen molar-refractivity contribution in [3.05, 3.63) is 10.8 Å². The van der Waals surface area contributed by atoms with Crippen molar-refractivity contribution in [3.63, 3.8) is 0 Å². The quantitative estimate of drug-likeness (QED) is 0.861. The zero-order chi connectivity index (χ0) is 13.8. The molecule has 0 aromatic carbocycles. The predicted molar refractivity (Wildman–Crippen MR) is 83.5 cm³/mol. The molecule has 2 rings (SSSR count). The Hall–Kier alpha value is -0.840. The third-order valence-corrected chi connectivity index (χ3v) is 4.96. The second-order valence-electron chi connectivity index (χ2n) is 5.27. The van der Waals surface area contributed by atoms with E-state index in [0.717, 1.165) is 28.6 Å². The molecule has 1 aromatic rings. The van der Waals surface area contributed by atoms with E-state index >= 15 is 0 Å². The van der Waals surface area contributed by atoms with Crippen LogP contribution in [0.5, 0.6) is 0 Å². The monoisotopic (exact) mass is 326 g/mol. The van der Waals surface area contributed by atoms with Crippen LogP contribution in [0.3, 0.4) is 0 Å². The first-order valence-corrected chi connectivity index (χ1v) is 7.97. The van der Waals surface area contributed by atoms with Crippen LogP contribution in [0, 0.1) is 11.8 Å². The molecule has 106 valence electrons. The summed E-state index contributed by atoms with van der Waals surface area (Å²) in [4.78, 5) is 8.61. The van der Waals surface area contributed by atoms with Gasteiger partial charge in [-0.2, -0.15) is 0 Å². The lowest BCUT2D eigenvalue weighted by atomic mass is 9.93. The maximum atomic E-state index is 4.36. The van der Waals surface area contributed by atoms with Gasteiger partial charge in [0.05, 0.1) is 0 Å². The summed E-state index contributed by atoms with van der Waals surface area (Å²) in [7, 11) is 0. The summed E-state index contributed by atoms with van der Waals surface area (Å²) >= 11 is 3.59. The molecular formula is C14H23BrN4. The van der Waals surface area contributed by atoms with E-state index in [4.69, 9.17) is 0 Å². The summed E-state index contributed by atoms with van der Waals surface area (Å²) in [6.07, 6.45) is 5.43. The van der Waals surface area contributed by atoms with E-state index in [2.05, 4.69) is 57.3 Å². The zero-order valence-electron chi connectivity index (χ0n) is 11.9. The van der Waals surface area contributed by atoms with Crippen LogP contribution in [-0.2, 0) is 0 Å². The average molecular weight is 327 g/mol. The molecule has 1 heterocycles. The summed E-state index contributed by atoms with van der Waals surface area (Å²) in [5.41, 5.74) is 0. The molecule has 1 fully saturated rings. The lowest BCUT2D eigenvalue weighted by Gasteiger charge is -2.22. The lowest BCUT2D eigenvalue weighted by molar-refractivity contribution is 0.391. The van der Waals surface area contributed by atoms with Gasteiger partial charge in [0.15, 0.2) is 0 Å². The largest absolute Gasteiger partial charge is 0.369 e. The second kappa shape index (κ2) is 6.55. The molecule has 5 heteroatoms. The van der Waals surface area contributed by atoms with Crippen molar-refractivity contribution in [2.45, 2.75) is 46.1 Å². The number of nitrogens with zero attached hydrogens (tertiary/aromatic N) is 2. The van der Waals surface area contributed by atoms with E-state index in [1.165, 1.54) is 19.3 Å². The van der Waals surface area contributed by atoms with Crippen LogP contribution < -0.4 is 10.6 Å². The molecule has 0 bridgehead atoms. The van der Waals surface area contributed by atoms with Crippen molar-refractivity contribution in [2.75, 3.05) is 17.2 Å². The summed E-state index contributed by atoms with van der Waals surface area (Å²) in [5, 5.41) is 6.82. The molecule has 0 radical (unpaired) electrons. The molecule has 0 amide bonds. The van der Waals surface area contributed by atoms with Crippen LogP contribution in [0.15, 0.2) is 10.8 Å². The predicted octanol–water partition coefficient (Wildman–Crippen LogP) is 3.91. The van der Waals surface area contributed by atoms with Crippen LogP contribution in [-0.4, -0.2) is 22.6 Å². The van der Waals surface area contributed by atoms with Crippen LogP contribution in [0.2, 0.25) is 0 Å². The minimum atomic E-state index is 0.519. The van der Waals surface area contributed by atoms with Crippen LogP contribution in [0.1, 0.15) is 40.0 Å². The van der Waals surface area contributed by atoms with Gasteiger partial charge in [0, 0.05) is 12.6 Å². The minimum Gasteiger partial charge on any atom is -0.369 e. The Morgan fingerprint density at radius 3 is 2.63 bits per heavy atom. The highest BCUT2D eigenvalue weighted by Crippen LogP contribution is 2.37. The Morgan fingerprint density at radius 2 is 2.00 bits per heavy atom. The van der Waals surface area contributed by atoms with Gasteiger partial charge in [-0.1, -0.05) is 20.3 Å². The van der Waals surface area contributed by atoms with Gasteiger partial charge < -0.3 is 10.6 Å². The number of rotatable bonds is 5. The fourth-order valence-corrected chi connectivity index (χ4v) is 3.42. The third-order valence-electron chi connectivity index (χ3n) is 4.21. The molecule has 0 aliphatic heterocycles. The van der Waals surface area contributed by atoms with Crippen LogP contribution in [0.4, 0.5) is 11.6 Å². The first-order chi connectivity index (χ1) is 9.17. The average Bonchev–Trinajstić information content (AvgIpc) is 2.75. The Kier molecular flexibility index (Phi) is 5.02. The summed E-state index contributed by atoms with van der Waals surface area (Å²) in [5.74, 6) is 3.30. The van der Waals surface area contributed by atoms with Crippen molar-refractivity contribution in [3.8, 4) is 0 Å². The number of aromatic nitrogens is 2. The van der Waals surface area contributed by atoms with Gasteiger partial charge >= 0.3 is 0 Å². The molecule has 3 unspecified atom stereocenters. The number of anilines is 2. The topological polar surface area (TPSA) is 49.8 Å². The molecule has 1 aliphatic rings. The molecule has 19 heavy (non-hydrogen) atoms. The highest BCUT2D eigenvalue weighted by Gasteiger charge is 2.32. The maximum Gasteiger partial charge on any atom is 0.146 e. The molecule has 4 nitrogen and oxygen atoms in total. The van der Waals surface area contributed by atoms with Gasteiger partial charge in [0.1, 0.15) is 22.4 Å². The van der Waals surface area contributed by atoms with Gasteiger partial charge in [-0.25, -0.2) is 9.97 Å². The summed E-state index contributed by atoms with van der Waals surface area (Å²) in [6.45, 7) is 7.55. The SMILES string of the molecule is CCNc1ncnc(NC2CCC(CC)C2C)c1Br. The standard InChI is InChI=1S/C14H23BrN4/c1-4-10-6-7-11(9(10)3)19-14-12(15)13(16-5-2)17-8-18-14/h8-11H,4-7H2,1-3H3,(H2,16,17,18,19). The van der Waals surface area contributed by atoms with Crippen molar-refractivity contribution in [1.29, 1.82) is 0 Å². The van der Waals surface area contributed by atoms with Crippen LogP contribution in [0.25, 0.3) is 0 Å². The number of hydrogen-bond acceptors (Lipinski definition) is 4. The van der Waals surface area contributed by atoms with Crippen LogP contribution >= 0.6 is 15.9 Å². The van der Waals surface area contributed by atoms with Crippen molar-refractivity contribution < 1.29 is 0 Å². The normalized spacial score (nSPS) is 26.4. The van der Waals surface area contributed by atoms with E-state index in [-0.39, 0.29) is 0 Å². The third kappa shape index (κ3) is 3.19. The number of halogens is 1. The first kappa shape index (κ1) is 14.6. The maximum absolute atomic E-state index is 4.36. The van der Waals surface area contributed by atoms with Gasteiger partial charge in [-0.05, 0) is 47.5 Å². The minimum absolute atomic E-state index is 0.519. The van der Waals surface area contributed by atoms with Crippen molar-refractivity contribution >= 4 is 27.6 Å². The van der Waals surface area contributed by atoms with Gasteiger partial charge in [0.2, 0.25) is 0 Å². The fourth-order valence-electron chi connectivity index (χ4n) is 2.96. The molecule has 1 aromatic heterocycles. The van der Waals surface area contributed by atoms with E-state index in [1.54, 1.807) is 6.33 Å². The Bertz CT molecular complexity index is 424. The molecule has 2 N–H and O–H groups in total. The number of hydrogen-bond donors (Lipinski definition) is 2. The molecule has 1 saturated carbocycles. The highest BCUT2D eigenvalue weighted by atomic mass is 79.9. The van der Waals surface area contributed by atoms with Gasteiger partial charge in [-0.15, -0.1) is 0 Å². The van der Waals surface area contributed by atoms with E-state index < -0.39 is 0 Å². The second-order valence-corrected chi connectivity index (χ2v) is 6.06. The van der Waals surface area contributed by atoms with E-state index in [0.29, 0.717) is 12.0 Å². The summed E-state index contributed by atoms with van der Waals surface area (Å²) < 4.78 is 0.934. The number of nitrogens with one attached hydrogen (secondary N) is 2. The Labute approximate surface area is 123 Å². The molecule has 0 spiro atoms. The molecule has 3 atom stereocenters. The van der Waals surface area contributed by atoms with E-state index in [9.17, 15) is 0 Å². The lowest BCUT2D eigenvalue weighted by Crippen LogP contribution is -2.25. The first-order valence-electron chi connectivity index (χ1n) is 7.18. The van der Waals surface area contributed by atoms with Gasteiger partial charge in [0.25, 0.3) is 0 Å². The molecule has 1 aliphatic carbocycles.